The predicted octanol–water partition coefficient (Wildman–Crippen LogP) is 10.4. The molecular formula is C40H35FIrN2SSi-2. The summed E-state index contributed by atoms with van der Waals surface area (Å²) in [5.41, 5.74) is 7.06. The quantitative estimate of drug-likeness (QED) is 0.128. The van der Waals surface area contributed by atoms with Crippen LogP contribution >= 0.6 is 11.3 Å². The average molecular weight is 817 g/mol. The first-order valence-electron chi connectivity index (χ1n) is 15.9. The van der Waals surface area contributed by atoms with E-state index in [1.54, 1.807) is 47.9 Å². The summed E-state index contributed by atoms with van der Waals surface area (Å²) in [6, 6.07) is 36.2. The van der Waals surface area contributed by atoms with E-state index in [0.29, 0.717) is 16.8 Å². The Morgan fingerprint density at radius 1 is 0.804 bits per heavy atom. The molecule has 0 fully saturated rings. The summed E-state index contributed by atoms with van der Waals surface area (Å²) in [6.45, 7) is 11.2. The minimum absolute atomic E-state index is 0. The van der Waals surface area contributed by atoms with E-state index in [1.807, 2.05) is 55.5 Å². The van der Waals surface area contributed by atoms with E-state index >= 15 is 0 Å². The number of aryl methyl sites for hydroxylation is 2. The Morgan fingerprint density at radius 3 is 2.37 bits per heavy atom. The van der Waals surface area contributed by atoms with Gasteiger partial charge in [-0.3, -0.25) is 0 Å². The molecule has 0 unspecified atom stereocenters. The Hall–Kier alpha value is -3.80. The molecule has 0 saturated carbocycles. The molecule has 0 aliphatic heterocycles. The minimum atomic E-state index is -1.65. The molecule has 0 atom stereocenters. The van der Waals surface area contributed by atoms with Gasteiger partial charge in [0.15, 0.2) is 0 Å². The fraction of sp³-hybridized carbons (Fsp3) is 0.150. The molecule has 2 nitrogen and oxygen atoms in total. The first-order chi connectivity index (χ1) is 22.4. The number of nitrogens with zero attached hydrogens (tertiary/aromatic N) is 2. The maximum Gasteiger partial charge on any atom is 0.123 e. The van der Waals surface area contributed by atoms with Crippen LogP contribution in [0.4, 0.5) is 4.39 Å². The van der Waals surface area contributed by atoms with Gasteiger partial charge in [-0.2, -0.15) is 11.3 Å². The fourth-order valence-electron chi connectivity index (χ4n) is 5.48. The molecule has 7 rings (SSSR count). The largest absolute Gasteiger partial charge is 0.305 e. The maximum absolute atomic E-state index is 13.8. The van der Waals surface area contributed by atoms with Gasteiger partial charge in [0.25, 0.3) is 0 Å². The van der Waals surface area contributed by atoms with Gasteiger partial charge in [0.05, 0.1) is 8.07 Å². The average Bonchev–Trinajstić information content (AvgIpc) is 3.43. The third-order valence-corrected chi connectivity index (χ3v) is 11.0. The molecule has 6 heteroatoms. The molecule has 4 aromatic carbocycles. The molecule has 0 amide bonds. The number of rotatable bonds is 5. The molecule has 1 radical (unpaired) electrons. The molecule has 0 spiro atoms. The first kappa shape index (κ1) is 30.8. The van der Waals surface area contributed by atoms with E-state index in [-0.39, 0.29) is 25.9 Å². The first-order valence-corrected chi connectivity index (χ1v) is 19.2. The molecule has 3 aromatic heterocycles. The van der Waals surface area contributed by atoms with Gasteiger partial charge in [-0.1, -0.05) is 72.6 Å². The van der Waals surface area contributed by atoms with Gasteiger partial charge >= 0.3 is 0 Å². The van der Waals surface area contributed by atoms with Crippen LogP contribution in [0, 0.1) is 31.8 Å². The molecule has 0 bridgehead atoms. The zero-order valence-corrected chi connectivity index (χ0v) is 30.6. The number of benzene rings is 4. The van der Waals surface area contributed by atoms with E-state index in [2.05, 4.69) is 67.0 Å². The standard InChI is InChI=1S/C25H17FNS.C15H18NSi.Ir/c1-16-4-2-5-17(12-16)13-18-10-11-27-23(14-18)21-7-3-6-20-22-15-19(26)8-9-24(22)28-25(20)21;1-12-10-14(13-8-6-5-7-9-13)16-11-15(12)17(2,3)4;/h2-6,8-12,14-15H,13H2,1H3;5-8,10-11H,1-4H3;/q2*-1;/i13D2;;. The topological polar surface area (TPSA) is 25.8 Å². The van der Waals surface area contributed by atoms with Gasteiger partial charge in [0, 0.05) is 39.9 Å². The second-order valence-corrected chi connectivity index (χ2v) is 18.3. The summed E-state index contributed by atoms with van der Waals surface area (Å²) in [7, 11) is -1.27. The summed E-state index contributed by atoms with van der Waals surface area (Å²) in [5.74, 6) is -0.261. The molecule has 0 saturated heterocycles. The van der Waals surface area contributed by atoms with Crippen LogP contribution in [-0.4, -0.2) is 18.0 Å². The van der Waals surface area contributed by atoms with Crippen LogP contribution in [0.3, 0.4) is 0 Å². The molecule has 7 aromatic rings. The van der Waals surface area contributed by atoms with Gasteiger partial charge < -0.3 is 9.97 Å². The molecule has 0 N–H and O–H groups in total. The Labute approximate surface area is 292 Å². The van der Waals surface area contributed by atoms with Crippen LogP contribution < -0.4 is 5.19 Å². The molecule has 0 aliphatic carbocycles. The summed E-state index contributed by atoms with van der Waals surface area (Å²) in [6.07, 6.45) is 2.04. The summed E-state index contributed by atoms with van der Waals surface area (Å²) in [5, 5.41) is 3.27. The van der Waals surface area contributed by atoms with Crippen molar-refractivity contribution < 1.29 is 27.2 Å². The number of thiophene rings is 1. The third kappa shape index (κ3) is 7.59. The maximum atomic E-state index is 13.8. The number of hydrogen-bond acceptors (Lipinski definition) is 3. The van der Waals surface area contributed by atoms with Crippen molar-refractivity contribution in [3.63, 3.8) is 0 Å². The van der Waals surface area contributed by atoms with Crippen molar-refractivity contribution >= 4 is 44.8 Å². The van der Waals surface area contributed by atoms with Crippen molar-refractivity contribution in [3.8, 4) is 22.5 Å². The Balaban J connectivity index is 0.000000214. The number of fused-ring (bicyclic) bond motifs is 3. The van der Waals surface area contributed by atoms with E-state index in [1.165, 1.54) is 16.8 Å². The van der Waals surface area contributed by atoms with Crippen molar-refractivity contribution in [2.75, 3.05) is 0 Å². The van der Waals surface area contributed by atoms with Crippen LogP contribution in [-0.2, 0) is 26.5 Å². The Bertz CT molecular complexity index is 2210. The third-order valence-electron chi connectivity index (χ3n) is 7.62. The van der Waals surface area contributed by atoms with E-state index < -0.39 is 14.4 Å². The number of hydrogen-bond donors (Lipinski definition) is 0. The molecule has 233 valence electrons. The summed E-state index contributed by atoms with van der Waals surface area (Å²) < 4.78 is 33.2. The van der Waals surface area contributed by atoms with Gasteiger partial charge in [0.2, 0.25) is 0 Å². The van der Waals surface area contributed by atoms with Crippen molar-refractivity contribution in [1.29, 1.82) is 0 Å². The van der Waals surface area contributed by atoms with Crippen LogP contribution in [0.1, 0.15) is 25.0 Å². The van der Waals surface area contributed by atoms with Gasteiger partial charge in [-0.05, 0) is 82.3 Å². The van der Waals surface area contributed by atoms with E-state index in [9.17, 15) is 4.39 Å². The van der Waals surface area contributed by atoms with Crippen LogP contribution in [0.2, 0.25) is 19.6 Å². The molecule has 0 aliphatic rings. The Morgan fingerprint density at radius 2 is 1.63 bits per heavy atom. The zero-order chi connectivity index (χ0) is 33.3. The summed E-state index contributed by atoms with van der Waals surface area (Å²) >= 11 is 1.57. The molecular weight excluding hydrogens is 780 g/mol. The molecule has 46 heavy (non-hydrogen) atoms. The van der Waals surface area contributed by atoms with Crippen LogP contribution in [0.15, 0.2) is 109 Å². The van der Waals surface area contributed by atoms with Crippen LogP contribution in [0.25, 0.3) is 42.7 Å². The smallest absolute Gasteiger partial charge is 0.123 e. The second-order valence-electron chi connectivity index (χ2n) is 12.2. The fourth-order valence-corrected chi connectivity index (χ4v) is 8.38. The monoisotopic (exact) mass is 817 g/mol. The van der Waals surface area contributed by atoms with Crippen molar-refractivity contribution in [2.45, 2.75) is 39.9 Å². The van der Waals surface area contributed by atoms with Crippen LogP contribution in [0.5, 0.6) is 0 Å². The number of aromatic nitrogens is 2. The summed E-state index contributed by atoms with van der Waals surface area (Å²) in [4.78, 5) is 9.09. The van der Waals surface area contributed by atoms with Gasteiger partial charge in [-0.25, -0.2) is 4.39 Å². The van der Waals surface area contributed by atoms with E-state index in [0.717, 1.165) is 42.6 Å². The van der Waals surface area contributed by atoms with Crippen molar-refractivity contribution in [2.24, 2.45) is 0 Å². The van der Waals surface area contributed by atoms with Crippen molar-refractivity contribution in [1.82, 2.24) is 9.97 Å². The van der Waals surface area contributed by atoms with Gasteiger partial charge in [-0.15, -0.1) is 59.7 Å². The molecule has 3 heterocycles. The van der Waals surface area contributed by atoms with Crippen molar-refractivity contribution in [3.05, 3.63) is 150 Å². The number of halogens is 1. The zero-order valence-electron chi connectivity index (χ0n) is 28.4. The predicted molar refractivity (Wildman–Crippen MR) is 192 cm³/mol. The Kier molecular flexibility index (Phi) is 9.59. The van der Waals surface area contributed by atoms with Gasteiger partial charge in [0.1, 0.15) is 5.82 Å². The normalized spacial score (nSPS) is 12.1. The second kappa shape index (κ2) is 14.3. The number of pyridine rings is 2. The van der Waals surface area contributed by atoms with E-state index in [4.69, 9.17) is 2.74 Å². The SMILES string of the molecule is Cc1cc(-c2[c-]cccc2)ncc1[Si](C)(C)C.[2H]C([2H])(c1cccc(C)c1)c1ccnc(-c2[c-]ccc3c2sc2ccc(F)cc23)c1.[Ir]. The minimum Gasteiger partial charge on any atom is -0.305 e.